The first-order valence-electron chi connectivity index (χ1n) is 6.85. The summed E-state index contributed by atoms with van der Waals surface area (Å²) in [6.45, 7) is 2.13. The highest BCUT2D eigenvalue weighted by Gasteiger charge is 2.23. The first-order valence-corrected chi connectivity index (χ1v) is 7.67. The molecule has 0 saturated heterocycles. The van der Waals surface area contributed by atoms with Crippen molar-refractivity contribution in [2.45, 2.75) is 38.1 Å². The molecule has 0 radical (unpaired) electrons. The molecule has 1 aromatic carbocycles. The molecule has 0 bridgehead atoms. The molecule has 3 nitrogen and oxygen atoms in total. The van der Waals surface area contributed by atoms with Crippen LogP contribution in [0.5, 0.6) is 0 Å². The van der Waals surface area contributed by atoms with Crippen LogP contribution in [0.4, 0.5) is 0 Å². The standard InChI is InChI=1S/C15H19N3S/c1-10(16-2)14-17-18-15(19-14)13-8-7-11-5-3-4-6-12(11)9-13/h3-6,10,13,16H,7-9H2,1-2H3. The van der Waals surface area contributed by atoms with E-state index in [1.54, 1.807) is 11.3 Å². The van der Waals surface area contributed by atoms with Crippen molar-refractivity contribution in [2.24, 2.45) is 0 Å². The highest BCUT2D eigenvalue weighted by molar-refractivity contribution is 7.11. The molecule has 0 fully saturated rings. The fourth-order valence-corrected chi connectivity index (χ4v) is 3.66. The number of hydrogen-bond acceptors (Lipinski definition) is 4. The lowest BCUT2D eigenvalue weighted by molar-refractivity contribution is 0.575. The average molecular weight is 273 g/mol. The lowest BCUT2D eigenvalue weighted by Gasteiger charge is -2.22. The van der Waals surface area contributed by atoms with Gasteiger partial charge in [0.2, 0.25) is 0 Å². The van der Waals surface area contributed by atoms with Gasteiger partial charge in [-0.2, -0.15) is 0 Å². The summed E-state index contributed by atoms with van der Waals surface area (Å²) in [5.74, 6) is 0.546. The smallest absolute Gasteiger partial charge is 0.134 e. The molecule has 3 rings (SSSR count). The van der Waals surface area contributed by atoms with Crippen LogP contribution in [0.3, 0.4) is 0 Å². The summed E-state index contributed by atoms with van der Waals surface area (Å²) in [5.41, 5.74) is 2.99. The van der Waals surface area contributed by atoms with Crippen molar-refractivity contribution in [2.75, 3.05) is 7.05 Å². The second-order valence-corrected chi connectivity index (χ2v) is 6.24. The Hall–Kier alpha value is -1.26. The van der Waals surface area contributed by atoms with Crippen molar-refractivity contribution in [1.82, 2.24) is 15.5 Å². The fraction of sp³-hybridized carbons (Fsp3) is 0.467. The quantitative estimate of drug-likeness (QED) is 0.934. The van der Waals surface area contributed by atoms with E-state index in [-0.39, 0.29) is 0 Å². The van der Waals surface area contributed by atoms with Gasteiger partial charge in [0.05, 0.1) is 6.04 Å². The zero-order chi connectivity index (χ0) is 13.2. The second kappa shape index (κ2) is 5.39. The van der Waals surface area contributed by atoms with Gasteiger partial charge in [0, 0.05) is 5.92 Å². The van der Waals surface area contributed by atoms with E-state index < -0.39 is 0 Å². The van der Waals surface area contributed by atoms with Gasteiger partial charge in [-0.1, -0.05) is 35.6 Å². The fourth-order valence-electron chi connectivity index (χ4n) is 2.62. The Morgan fingerprint density at radius 2 is 2.05 bits per heavy atom. The summed E-state index contributed by atoms with van der Waals surface area (Å²) in [6, 6.07) is 9.06. The van der Waals surface area contributed by atoms with Crippen molar-refractivity contribution >= 4 is 11.3 Å². The van der Waals surface area contributed by atoms with Crippen LogP contribution in [0.25, 0.3) is 0 Å². The van der Waals surface area contributed by atoms with E-state index in [0.717, 1.165) is 17.8 Å². The van der Waals surface area contributed by atoms with Gasteiger partial charge in [-0.05, 0) is 44.4 Å². The minimum atomic E-state index is 0.294. The highest BCUT2D eigenvalue weighted by Crippen LogP contribution is 2.34. The zero-order valence-electron chi connectivity index (χ0n) is 11.4. The number of aromatic nitrogens is 2. The largest absolute Gasteiger partial charge is 0.311 e. The number of benzene rings is 1. The molecule has 0 amide bonds. The molecule has 0 spiro atoms. The number of aryl methyl sites for hydroxylation is 1. The molecule has 1 aliphatic rings. The molecular weight excluding hydrogens is 254 g/mol. The van der Waals surface area contributed by atoms with E-state index in [4.69, 9.17) is 0 Å². The van der Waals surface area contributed by atoms with Crippen LogP contribution >= 0.6 is 11.3 Å². The lowest BCUT2D eigenvalue weighted by Crippen LogP contribution is -2.12. The third-order valence-corrected chi connectivity index (χ3v) is 5.22. The molecule has 2 unspecified atom stereocenters. The Kier molecular flexibility index (Phi) is 3.62. The molecule has 4 heteroatoms. The summed E-state index contributed by atoms with van der Waals surface area (Å²) < 4.78 is 0. The summed E-state index contributed by atoms with van der Waals surface area (Å²) in [5, 5.41) is 14.2. The van der Waals surface area contributed by atoms with Gasteiger partial charge >= 0.3 is 0 Å². The maximum absolute atomic E-state index is 4.41. The van der Waals surface area contributed by atoms with Crippen molar-refractivity contribution in [3.05, 3.63) is 45.4 Å². The Morgan fingerprint density at radius 3 is 2.84 bits per heavy atom. The van der Waals surface area contributed by atoms with E-state index in [0.29, 0.717) is 12.0 Å². The predicted octanol–water partition coefficient (Wildman–Crippen LogP) is 3.09. The molecule has 0 aliphatic heterocycles. The number of nitrogens with one attached hydrogen (secondary N) is 1. The van der Waals surface area contributed by atoms with Crippen molar-refractivity contribution < 1.29 is 0 Å². The Balaban J connectivity index is 1.79. The van der Waals surface area contributed by atoms with Crippen molar-refractivity contribution in [1.29, 1.82) is 0 Å². The Morgan fingerprint density at radius 1 is 1.26 bits per heavy atom. The van der Waals surface area contributed by atoms with Crippen LogP contribution in [0, 0.1) is 0 Å². The third kappa shape index (κ3) is 2.55. The number of hydrogen-bond donors (Lipinski definition) is 1. The third-order valence-electron chi connectivity index (χ3n) is 3.96. The van der Waals surface area contributed by atoms with Crippen LogP contribution in [0.1, 0.15) is 46.4 Å². The molecule has 0 saturated carbocycles. The average Bonchev–Trinajstić information content (AvgIpc) is 2.95. The van der Waals surface area contributed by atoms with E-state index in [1.165, 1.54) is 22.6 Å². The second-order valence-electron chi connectivity index (χ2n) is 5.20. The number of nitrogens with zero attached hydrogens (tertiary/aromatic N) is 2. The topological polar surface area (TPSA) is 37.8 Å². The van der Waals surface area contributed by atoms with Crippen molar-refractivity contribution in [3.8, 4) is 0 Å². The minimum absolute atomic E-state index is 0.294. The highest BCUT2D eigenvalue weighted by atomic mass is 32.1. The van der Waals surface area contributed by atoms with E-state index in [9.17, 15) is 0 Å². The zero-order valence-corrected chi connectivity index (χ0v) is 12.2. The first kappa shape index (κ1) is 12.8. The maximum atomic E-state index is 4.41. The lowest BCUT2D eigenvalue weighted by atomic mass is 9.84. The Labute approximate surface area is 118 Å². The summed E-state index contributed by atoms with van der Waals surface area (Å²) in [4.78, 5) is 0. The molecular formula is C15H19N3S. The number of fused-ring (bicyclic) bond motifs is 1. The van der Waals surface area contributed by atoms with Crippen LogP contribution in [0.2, 0.25) is 0 Å². The van der Waals surface area contributed by atoms with Gasteiger partial charge in [-0.25, -0.2) is 0 Å². The van der Waals surface area contributed by atoms with Gasteiger partial charge in [0.15, 0.2) is 0 Å². The summed E-state index contributed by atoms with van der Waals surface area (Å²) in [6.07, 6.45) is 3.47. The monoisotopic (exact) mass is 273 g/mol. The summed E-state index contributed by atoms with van der Waals surface area (Å²) in [7, 11) is 1.96. The van der Waals surface area contributed by atoms with Gasteiger partial charge in [0.25, 0.3) is 0 Å². The van der Waals surface area contributed by atoms with Crippen LogP contribution in [-0.2, 0) is 12.8 Å². The molecule has 2 aromatic rings. The molecule has 1 heterocycles. The van der Waals surface area contributed by atoms with Gasteiger partial charge in [0.1, 0.15) is 10.0 Å². The Bertz CT molecular complexity index is 564. The van der Waals surface area contributed by atoms with Crippen LogP contribution < -0.4 is 5.32 Å². The minimum Gasteiger partial charge on any atom is -0.311 e. The van der Waals surface area contributed by atoms with E-state index in [2.05, 4.69) is 46.7 Å². The van der Waals surface area contributed by atoms with Gasteiger partial charge in [-0.15, -0.1) is 10.2 Å². The SMILES string of the molecule is CNC(C)c1nnc(C2CCc3ccccc3C2)s1. The van der Waals surface area contributed by atoms with Gasteiger partial charge < -0.3 is 5.32 Å². The molecule has 100 valence electrons. The number of rotatable bonds is 3. The van der Waals surface area contributed by atoms with E-state index >= 15 is 0 Å². The van der Waals surface area contributed by atoms with Crippen molar-refractivity contribution in [3.63, 3.8) is 0 Å². The molecule has 2 atom stereocenters. The van der Waals surface area contributed by atoms with Crippen LogP contribution in [-0.4, -0.2) is 17.2 Å². The summed E-state index contributed by atoms with van der Waals surface area (Å²) >= 11 is 1.76. The maximum Gasteiger partial charge on any atom is 0.134 e. The molecule has 1 aliphatic carbocycles. The van der Waals surface area contributed by atoms with E-state index in [1.807, 2.05) is 7.05 Å². The van der Waals surface area contributed by atoms with Crippen LogP contribution in [0.15, 0.2) is 24.3 Å². The molecule has 1 aromatic heterocycles. The predicted molar refractivity (Wildman–Crippen MR) is 78.6 cm³/mol. The molecule has 1 N–H and O–H groups in total. The van der Waals surface area contributed by atoms with Gasteiger partial charge in [-0.3, -0.25) is 0 Å². The normalized spacial score (nSPS) is 20.0. The molecule has 19 heavy (non-hydrogen) atoms. The first-order chi connectivity index (χ1) is 9.28.